The van der Waals surface area contributed by atoms with Crippen LogP contribution in [0.15, 0.2) is 88.2 Å². The second kappa shape index (κ2) is 18.0. The topological polar surface area (TPSA) is 59.9 Å². The fourth-order valence-corrected chi connectivity index (χ4v) is 4.82. The minimum Gasteiger partial charge on any atom is -0.492 e. The van der Waals surface area contributed by atoms with E-state index in [0.717, 1.165) is 57.2 Å². The highest BCUT2D eigenvalue weighted by Crippen LogP contribution is 2.38. The van der Waals surface area contributed by atoms with E-state index in [1.54, 1.807) is 24.8 Å². The van der Waals surface area contributed by atoms with Gasteiger partial charge in [0.15, 0.2) is 5.78 Å². The first-order chi connectivity index (χ1) is 19.9. The minimum atomic E-state index is 0.00890. The Kier molecular flexibility index (Phi) is 14.8. The fourth-order valence-electron chi connectivity index (χ4n) is 3.83. The summed E-state index contributed by atoms with van der Waals surface area (Å²) in [5.41, 5.74) is 7.98. The molecule has 0 radical (unpaired) electrons. The third kappa shape index (κ3) is 10.1. The molecule has 1 aliphatic rings. The van der Waals surface area contributed by atoms with E-state index < -0.39 is 0 Å². The molecule has 0 saturated heterocycles. The van der Waals surface area contributed by atoms with E-state index in [4.69, 9.17) is 9.47 Å². The largest absolute Gasteiger partial charge is 0.492 e. The number of carbonyl (C=O) groups is 1. The van der Waals surface area contributed by atoms with Gasteiger partial charge in [0.05, 0.1) is 17.9 Å². The molecule has 1 N–H and O–H groups in total. The van der Waals surface area contributed by atoms with Gasteiger partial charge in [0.2, 0.25) is 0 Å². The van der Waals surface area contributed by atoms with Crippen molar-refractivity contribution in [3.8, 4) is 11.5 Å². The number of hydrazone groups is 1. The first-order valence-electron chi connectivity index (χ1n) is 14.6. The summed E-state index contributed by atoms with van der Waals surface area (Å²) in [6, 6.07) is 20.8. The van der Waals surface area contributed by atoms with Crippen LogP contribution < -0.4 is 14.9 Å². The standard InChI is InChI=1S/C29H32N2O3S.C4H8.C2H6/c1-5-19(2)30-31-20(3)22-10-8-11-24(17-22)35-28-12-7-6-9-23(28)18-34-27-14-13-25(21(4)32)29-26(27)15-16-33-29;1-3-4-2;1-2/h6-14,17,19,30H,5,15-16,18H2,1-4H3;3H,1,4H2,2H3;1-2H3/b31-20+;;. The Labute approximate surface area is 251 Å². The molecule has 3 aromatic carbocycles. The smallest absolute Gasteiger partial charge is 0.163 e. The molecule has 1 heterocycles. The zero-order valence-corrected chi connectivity index (χ0v) is 26.6. The number of benzene rings is 3. The van der Waals surface area contributed by atoms with Gasteiger partial charge in [-0.15, -0.1) is 6.58 Å². The van der Waals surface area contributed by atoms with E-state index in [2.05, 4.69) is 74.3 Å². The van der Waals surface area contributed by atoms with Crippen molar-refractivity contribution in [2.24, 2.45) is 5.10 Å². The van der Waals surface area contributed by atoms with E-state index in [1.807, 2.05) is 45.0 Å². The Balaban J connectivity index is 0.000000902. The first-order valence-corrected chi connectivity index (χ1v) is 15.4. The summed E-state index contributed by atoms with van der Waals surface area (Å²) in [4.78, 5) is 14.2. The van der Waals surface area contributed by atoms with Crippen LogP contribution in [-0.2, 0) is 13.0 Å². The summed E-state index contributed by atoms with van der Waals surface area (Å²) in [6.07, 6.45) is 4.74. The van der Waals surface area contributed by atoms with Gasteiger partial charge in [-0.2, -0.15) is 5.10 Å². The highest BCUT2D eigenvalue weighted by atomic mass is 32.2. The molecule has 4 rings (SSSR count). The molecule has 220 valence electrons. The number of ether oxygens (including phenoxy) is 2. The molecule has 1 unspecified atom stereocenters. The molecule has 0 bridgehead atoms. The number of hydrogen-bond donors (Lipinski definition) is 1. The predicted octanol–water partition coefficient (Wildman–Crippen LogP) is 9.28. The van der Waals surface area contributed by atoms with Gasteiger partial charge < -0.3 is 14.9 Å². The van der Waals surface area contributed by atoms with Crippen LogP contribution in [-0.4, -0.2) is 24.1 Å². The van der Waals surface area contributed by atoms with E-state index in [1.165, 1.54) is 0 Å². The van der Waals surface area contributed by atoms with Crippen molar-refractivity contribution in [3.05, 3.63) is 95.6 Å². The molecule has 1 aliphatic heterocycles. The summed E-state index contributed by atoms with van der Waals surface area (Å²) in [7, 11) is 0. The van der Waals surface area contributed by atoms with Gasteiger partial charge in [0, 0.05) is 33.4 Å². The molecular formula is C35H46N2O3S. The van der Waals surface area contributed by atoms with Crippen LogP contribution >= 0.6 is 11.8 Å². The average Bonchev–Trinajstić information content (AvgIpc) is 3.50. The Hall–Kier alpha value is -3.51. The average molecular weight is 575 g/mol. The van der Waals surface area contributed by atoms with Crippen LogP contribution in [0.2, 0.25) is 0 Å². The van der Waals surface area contributed by atoms with Gasteiger partial charge in [-0.3, -0.25) is 4.79 Å². The predicted molar refractivity (Wildman–Crippen MR) is 174 cm³/mol. The Morgan fingerprint density at radius 2 is 1.85 bits per heavy atom. The van der Waals surface area contributed by atoms with Gasteiger partial charge in [-0.05, 0) is 69.5 Å². The summed E-state index contributed by atoms with van der Waals surface area (Å²) in [5.74, 6) is 1.47. The maximum absolute atomic E-state index is 11.9. The van der Waals surface area contributed by atoms with Crippen LogP contribution in [0, 0.1) is 0 Å². The van der Waals surface area contributed by atoms with Gasteiger partial charge in [0.25, 0.3) is 0 Å². The molecule has 0 saturated carbocycles. The highest BCUT2D eigenvalue weighted by molar-refractivity contribution is 7.99. The van der Waals surface area contributed by atoms with Crippen molar-refractivity contribution in [3.63, 3.8) is 0 Å². The van der Waals surface area contributed by atoms with Gasteiger partial charge in [-0.25, -0.2) is 0 Å². The second-order valence-electron chi connectivity index (χ2n) is 9.43. The number of Topliss-reactive ketones (excluding diaryl/α,β-unsaturated/α-hetero) is 1. The van der Waals surface area contributed by atoms with E-state index in [0.29, 0.717) is 30.6 Å². The number of hydrogen-bond acceptors (Lipinski definition) is 6. The van der Waals surface area contributed by atoms with Crippen LogP contribution in [0.25, 0.3) is 0 Å². The van der Waals surface area contributed by atoms with E-state index in [9.17, 15) is 4.79 Å². The van der Waals surface area contributed by atoms with Gasteiger partial charge in [-0.1, -0.05) is 75.9 Å². The molecule has 0 aromatic heterocycles. The van der Waals surface area contributed by atoms with E-state index >= 15 is 0 Å². The summed E-state index contributed by atoms with van der Waals surface area (Å²) >= 11 is 1.72. The molecule has 0 fully saturated rings. The number of allylic oxidation sites excluding steroid dienone is 1. The summed E-state index contributed by atoms with van der Waals surface area (Å²) in [6.45, 7) is 18.4. The molecule has 41 heavy (non-hydrogen) atoms. The molecule has 0 spiro atoms. The third-order valence-corrected chi connectivity index (χ3v) is 7.49. The van der Waals surface area contributed by atoms with Crippen molar-refractivity contribution in [2.45, 2.75) is 90.2 Å². The van der Waals surface area contributed by atoms with Crippen molar-refractivity contribution in [1.82, 2.24) is 5.43 Å². The zero-order valence-electron chi connectivity index (χ0n) is 25.8. The number of fused-ring (bicyclic) bond motifs is 1. The fraction of sp³-hybridized carbons (Fsp3) is 0.371. The zero-order chi connectivity index (χ0) is 30.2. The second-order valence-corrected chi connectivity index (χ2v) is 10.5. The van der Waals surface area contributed by atoms with Crippen molar-refractivity contribution in [1.29, 1.82) is 0 Å². The normalized spacial score (nSPS) is 12.4. The van der Waals surface area contributed by atoms with Crippen LogP contribution in [0.4, 0.5) is 0 Å². The number of nitrogens with one attached hydrogen (secondary N) is 1. The lowest BCUT2D eigenvalue weighted by Crippen LogP contribution is -2.20. The monoisotopic (exact) mass is 574 g/mol. The number of rotatable bonds is 11. The number of ketones is 1. The molecule has 3 aromatic rings. The molecule has 5 nitrogen and oxygen atoms in total. The van der Waals surface area contributed by atoms with Crippen molar-refractivity contribution < 1.29 is 14.3 Å². The highest BCUT2D eigenvalue weighted by Gasteiger charge is 2.23. The SMILES string of the molecule is C=CCC.CC.CCC(C)N/N=C(\C)c1cccc(Sc2ccccc2COc2ccc(C(C)=O)c3c2CCO3)c1. The Morgan fingerprint density at radius 3 is 2.54 bits per heavy atom. The van der Waals surface area contributed by atoms with Crippen molar-refractivity contribution in [2.75, 3.05) is 6.61 Å². The van der Waals surface area contributed by atoms with Gasteiger partial charge in [0.1, 0.15) is 18.1 Å². The van der Waals surface area contributed by atoms with Crippen LogP contribution in [0.1, 0.15) is 88.4 Å². The van der Waals surface area contributed by atoms with Gasteiger partial charge >= 0.3 is 0 Å². The molecular weight excluding hydrogens is 528 g/mol. The lowest BCUT2D eigenvalue weighted by molar-refractivity contribution is 0.101. The lowest BCUT2D eigenvalue weighted by atomic mass is 10.0. The molecule has 1 atom stereocenters. The Morgan fingerprint density at radius 1 is 1.12 bits per heavy atom. The molecule has 0 aliphatic carbocycles. The lowest BCUT2D eigenvalue weighted by Gasteiger charge is -2.14. The molecule has 6 heteroatoms. The first kappa shape index (κ1) is 33.7. The minimum absolute atomic E-state index is 0.00890. The summed E-state index contributed by atoms with van der Waals surface area (Å²) < 4.78 is 12.0. The summed E-state index contributed by atoms with van der Waals surface area (Å²) in [5, 5.41) is 4.55. The Bertz CT molecular complexity index is 1300. The van der Waals surface area contributed by atoms with Crippen LogP contribution in [0.5, 0.6) is 11.5 Å². The third-order valence-electron chi connectivity index (χ3n) is 6.38. The maximum atomic E-state index is 11.9. The van der Waals surface area contributed by atoms with E-state index in [-0.39, 0.29) is 5.78 Å². The molecule has 0 amide bonds. The quantitative estimate of drug-likeness (QED) is 0.107. The van der Waals surface area contributed by atoms with Crippen LogP contribution in [0.3, 0.4) is 0 Å². The maximum Gasteiger partial charge on any atom is 0.163 e. The number of carbonyl (C=O) groups excluding carboxylic acids is 1. The van der Waals surface area contributed by atoms with Crippen molar-refractivity contribution >= 4 is 23.3 Å². The number of nitrogens with zero attached hydrogens (tertiary/aromatic N) is 1.